The molecule has 0 radical (unpaired) electrons. The van der Waals surface area contributed by atoms with Crippen LogP contribution in [0.25, 0.3) is 0 Å². The molecule has 1 rings (SSSR count). The van der Waals surface area contributed by atoms with Crippen molar-refractivity contribution in [1.82, 2.24) is 0 Å². The van der Waals surface area contributed by atoms with Gasteiger partial charge in [-0.2, -0.15) is 8.42 Å². The first-order chi connectivity index (χ1) is 8.20. The Morgan fingerprint density at radius 1 is 1.44 bits per heavy atom. The van der Waals surface area contributed by atoms with Crippen molar-refractivity contribution in [3.63, 3.8) is 0 Å². The largest absolute Gasteiger partial charge is 0.326 e. The minimum absolute atomic E-state index is 0.0144. The van der Waals surface area contributed by atoms with Crippen LogP contribution in [0.15, 0.2) is 23.1 Å². The van der Waals surface area contributed by atoms with Crippen molar-refractivity contribution < 1.29 is 17.8 Å². The quantitative estimate of drug-likeness (QED) is 0.570. The normalized spacial score (nSPS) is 11.1. The van der Waals surface area contributed by atoms with E-state index in [-0.39, 0.29) is 22.9 Å². The number of amides is 1. The first-order valence-corrected chi connectivity index (χ1v) is 6.56. The summed E-state index contributed by atoms with van der Waals surface area (Å²) < 4.78 is 30.7. The summed E-state index contributed by atoms with van der Waals surface area (Å²) in [6.07, 6.45) is -0.0144. The molecule has 0 saturated heterocycles. The van der Waals surface area contributed by atoms with E-state index in [1.54, 1.807) is 6.92 Å². The summed E-state index contributed by atoms with van der Waals surface area (Å²) in [5, 5.41) is 9.75. The Balaban J connectivity index is 2.94. The lowest BCUT2D eigenvalue weighted by molar-refractivity contribution is -0.115. The van der Waals surface area contributed by atoms with Crippen LogP contribution in [0, 0.1) is 12.3 Å². The molecular weight excluding hydrogens is 256 g/mol. The van der Waals surface area contributed by atoms with Crippen molar-refractivity contribution in [3.8, 4) is 0 Å². The van der Waals surface area contributed by atoms with Crippen molar-refractivity contribution >= 4 is 27.4 Å². The SMILES string of the molecule is CC(=N)CC(=O)Nc1ccc(S(=O)(=O)O)cc1C. The molecule has 0 fully saturated rings. The Morgan fingerprint density at radius 3 is 2.50 bits per heavy atom. The number of rotatable bonds is 4. The lowest BCUT2D eigenvalue weighted by Crippen LogP contribution is -2.15. The number of carbonyl (C=O) groups excluding carboxylic acids is 1. The molecule has 3 N–H and O–H groups in total. The molecule has 98 valence electrons. The van der Waals surface area contributed by atoms with Gasteiger partial charge in [0.05, 0.1) is 11.3 Å². The lowest BCUT2D eigenvalue weighted by Gasteiger charge is -2.09. The van der Waals surface area contributed by atoms with Gasteiger partial charge in [0, 0.05) is 11.4 Å². The molecule has 6 nitrogen and oxygen atoms in total. The Kier molecular flexibility index (Phi) is 4.20. The summed E-state index contributed by atoms with van der Waals surface area (Å²) in [7, 11) is -4.24. The van der Waals surface area contributed by atoms with E-state index in [2.05, 4.69) is 5.32 Å². The van der Waals surface area contributed by atoms with Crippen molar-refractivity contribution in [2.45, 2.75) is 25.2 Å². The van der Waals surface area contributed by atoms with Crippen LogP contribution < -0.4 is 5.32 Å². The Hall–Kier alpha value is -1.73. The van der Waals surface area contributed by atoms with Gasteiger partial charge in [0.15, 0.2) is 0 Å². The Morgan fingerprint density at radius 2 is 2.06 bits per heavy atom. The van der Waals surface area contributed by atoms with Gasteiger partial charge in [-0.05, 0) is 37.6 Å². The van der Waals surface area contributed by atoms with Crippen molar-refractivity contribution in [1.29, 1.82) is 5.41 Å². The number of anilines is 1. The predicted octanol–water partition coefficient (Wildman–Crippen LogP) is 1.61. The molecule has 7 heteroatoms. The second kappa shape index (κ2) is 5.28. The number of hydrogen-bond donors (Lipinski definition) is 3. The summed E-state index contributed by atoms with van der Waals surface area (Å²) in [5.74, 6) is -0.342. The van der Waals surface area contributed by atoms with Crippen LogP contribution in [-0.4, -0.2) is 24.6 Å². The average molecular weight is 270 g/mol. The van der Waals surface area contributed by atoms with E-state index in [1.165, 1.54) is 25.1 Å². The van der Waals surface area contributed by atoms with Crippen LogP contribution in [-0.2, 0) is 14.9 Å². The monoisotopic (exact) mass is 270 g/mol. The number of nitrogens with one attached hydrogen (secondary N) is 2. The minimum Gasteiger partial charge on any atom is -0.326 e. The third kappa shape index (κ3) is 3.94. The maximum absolute atomic E-state index is 11.4. The first kappa shape index (κ1) is 14.3. The third-order valence-corrected chi connectivity index (χ3v) is 3.05. The summed E-state index contributed by atoms with van der Waals surface area (Å²) in [6, 6.07) is 3.87. The Bertz CT molecular complexity index is 593. The van der Waals surface area contributed by atoms with Crippen LogP contribution in [0.5, 0.6) is 0 Å². The predicted molar refractivity (Wildman–Crippen MR) is 67.6 cm³/mol. The molecule has 0 aliphatic rings. The highest BCUT2D eigenvalue weighted by Crippen LogP contribution is 2.19. The molecule has 1 aromatic carbocycles. The molecule has 1 aromatic rings. The first-order valence-electron chi connectivity index (χ1n) is 5.12. The van der Waals surface area contributed by atoms with E-state index in [4.69, 9.17) is 9.96 Å². The van der Waals surface area contributed by atoms with Crippen LogP contribution in [0.2, 0.25) is 0 Å². The van der Waals surface area contributed by atoms with E-state index >= 15 is 0 Å². The highest BCUT2D eigenvalue weighted by atomic mass is 32.2. The second-order valence-corrected chi connectivity index (χ2v) is 5.38. The summed E-state index contributed by atoms with van der Waals surface area (Å²) in [4.78, 5) is 11.2. The van der Waals surface area contributed by atoms with Gasteiger partial charge in [-0.15, -0.1) is 0 Å². The highest BCUT2D eigenvalue weighted by molar-refractivity contribution is 7.85. The van der Waals surface area contributed by atoms with Crippen LogP contribution in [0.4, 0.5) is 5.69 Å². The fourth-order valence-corrected chi connectivity index (χ4v) is 1.94. The molecular formula is C11H14N2O4S. The maximum atomic E-state index is 11.4. The number of hydrogen-bond acceptors (Lipinski definition) is 4. The van der Waals surface area contributed by atoms with E-state index in [0.29, 0.717) is 11.3 Å². The van der Waals surface area contributed by atoms with Crippen LogP contribution in [0.1, 0.15) is 18.9 Å². The average Bonchev–Trinajstić information content (AvgIpc) is 2.18. The van der Waals surface area contributed by atoms with E-state index in [9.17, 15) is 13.2 Å². The molecule has 18 heavy (non-hydrogen) atoms. The highest BCUT2D eigenvalue weighted by Gasteiger charge is 2.12. The molecule has 0 heterocycles. The topological polar surface area (TPSA) is 107 Å². The van der Waals surface area contributed by atoms with Gasteiger partial charge in [-0.3, -0.25) is 9.35 Å². The van der Waals surface area contributed by atoms with E-state index in [0.717, 1.165) is 0 Å². The fraction of sp³-hybridized carbons (Fsp3) is 0.273. The van der Waals surface area contributed by atoms with Crippen molar-refractivity contribution in [2.24, 2.45) is 0 Å². The van der Waals surface area contributed by atoms with E-state index in [1.807, 2.05) is 0 Å². The zero-order valence-corrected chi connectivity index (χ0v) is 10.8. The maximum Gasteiger partial charge on any atom is 0.294 e. The Labute approximate surface area is 105 Å². The van der Waals surface area contributed by atoms with Gasteiger partial charge >= 0.3 is 0 Å². The van der Waals surface area contributed by atoms with Crippen molar-refractivity contribution in [3.05, 3.63) is 23.8 Å². The number of aryl methyl sites for hydroxylation is 1. The smallest absolute Gasteiger partial charge is 0.294 e. The van der Waals surface area contributed by atoms with Crippen molar-refractivity contribution in [2.75, 3.05) is 5.32 Å². The standard InChI is InChI=1S/C11H14N2O4S/c1-7-5-9(18(15,16)17)3-4-10(7)13-11(14)6-8(2)12/h3-5,12H,6H2,1-2H3,(H,13,14)(H,15,16,17). The molecule has 0 aliphatic heterocycles. The summed E-state index contributed by atoms with van der Waals surface area (Å²) in [6.45, 7) is 3.13. The molecule has 0 saturated carbocycles. The van der Waals surface area contributed by atoms with Gasteiger partial charge in [-0.25, -0.2) is 0 Å². The van der Waals surface area contributed by atoms with Crippen LogP contribution >= 0.6 is 0 Å². The van der Waals surface area contributed by atoms with Gasteiger partial charge in [0.2, 0.25) is 5.91 Å². The molecule has 0 spiro atoms. The van der Waals surface area contributed by atoms with Gasteiger partial charge < -0.3 is 10.7 Å². The number of carbonyl (C=O) groups is 1. The van der Waals surface area contributed by atoms with Gasteiger partial charge in [0.25, 0.3) is 10.1 Å². The number of benzene rings is 1. The molecule has 0 atom stereocenters. The summed E-state index contributed by atoms with van der Waals surface area (Å²) in [5.41, 5.74) is 1.20. The molecule has 0 aromatic heterocycles. The fourth-order valence-electron chi connectivity index (χ4n) is 1.37. The molecule has 0 unspecified atom stereocenters. The van der Waals surface area contributed by atoms with Gasteiger partial charge in [0.1, 0.15) is 0 Å². The molecule has 0 bridgehead atoms. The minimum atomic E-state index is -4.24. The lowest BCUT2D eigenvalue weighted by atomic mass is 10.2. The third-order valence-electron chi connectivity index (χ3n) is 2.20. The zero-order chi connectivity index (χ0) is 13.9. The van der Waals surface area contributed by atoms with Gasteiger partial charge in [-0.1, -0.05) is 0 Å². The zero-order valence-electron chi connectivity index (χ0n) is 10.0. The second-order valence-electron chi connectivity index (χ2n) is 3.96. The van der Waals surface area contributed by atoms with E-state index < -0.39 is 10.1 Å². The van der Waals surface area contributed by atoms with Crippen LogP contribution in [0.3, 0.4) is 0 Å². The summed E-state index contributed by atoms with van der Waals surface area (Å²) >= 11 is 0. The molecule has 1 amide bonds. The molecule has 0 aliphatic carbocycles.